The number of nitrogens with one attached hydrogen (secondary N) is 2. The van der Waals surface area contributed by atoms with E-state index in [1.165, 1.54) is 16.3 Å². The number of amides is 1. The van der Waals surface area contributed by atoms with E-state index >= 15 is 0 Å². The molecule has 1 saturated carbocycles. The van der Waals surface area contributed by atoms with Gasteiger partial charge in [0.05, 0.1) is 6.04 Å². The Kier molecular flexibility index (Phi) is 3.61. The molecule has 2 aromatic rings. The van der Waals surface area contributed by atoms with Crippen LogP contribution in [0.2, 0.25) is 0 Å². The molecule has 1 saturated heterocycles. The summed E-state index contributed by atoms with van der Waals surface area (Å²) in [6.07, 6.45) is 3.37. The average Bonchev–Trinajstić information content (AvgIpc) is 3.28. The number of hydrogen-bond acceptors (Lipinski definition) is 2. The highest BCUT2D eigenvalue weighted by atomic mass is 16.2. The first kappa shape index (κ1) is 14.7. The molecule has 120 valence electrons. The van der Waals surface area contributed by atoms with Crippen molar-refractivity contribution in [2.75, 3.05) is 13.1 Å². The van der Waals surface area contributed by atoms with Crippen molar-refractivity contribution in [1.82, 2.24) is 10.6 Å². The fourth-order valence-corrected chi connectivity index (χ4v) is 4.07. The van der Waals surface area contributed by atoms with E-state index in [-0.39, 0.29) is 17.9 Å². The fraction of sp³-hybridized carbons (Fsp3) is 0.450. The van der Waals surface area contributed by atoms with Crippen LogP contribution in [-0.2, 0) is 4.79 Å². The Bertz CT molecular complexity index is 733. The van der Waals surface area contributed by atoms with Gasteiger partial charge < -0.3 is 10.6 Å². The maximum absolute atomic E-state index is 12.6. The van der Waals surface area contributed by atoms with E-state index in [2.05, 4.69) is 60.0 Å². The van der Waals surface area contributed by atoms with Crippen molar-refractivity contribution in [1.29, 1.82) is 0 Å². The third-order valence-electron chi connectivity index (χ3n) is 5.74. The second kappa shape index (κ2) is 5.64. The number of benzene rings is 2. The molecule has 23 heavy (non-hydrogen) atoms. The SMILES string of the molecule is CC(NC(=O)C1CC12CCNCC2)c1ccc2ccccc2c1. The molecule has 1 heterocycles. The molecular formula is C20H24N2O. The number of fused-ring (bicyclic) bond motifs is 1. The molecule has 0 aromatic heterocycles. The molecule has 1 aliphatic carbocycles. The molecule has 2 N–H and O–H groups in total. The number of hydrogen-bond donors (Lipinski definition) is 2. The zero-order valence-electron chi connectivity index (χ0n) is 13.6. The summed E-state index contributed by atoms with van der Waals surface area (Å²) in [5.41, 5.74) is 1.48. The summed E-state index contributed by atoms with van der Waals surface area (Å²) in [7, 11) is 0. The molecule has 2 fully saturated rings. The minimum absolute atomic E-state index is 0.0615. The van der Waals surface area contributed by atoms with Crippen LogP contribution in [0.5, 0.6) is 0 Å². The zero-order chi connectivity index (χ0) is 15.9. The smallest absolute Gasteiger partial charge is 0.224 e. The van der Waals surface area contributed by atoms with Crippen LogP contribution in [0.15, 0.2) is 42.5 Å². The molecule has 0 bridgehead atoms. The highest BCUT2D eigenvalue weighted by Crippen LogP contribution is 2.58. The molecule has 2 aliphatic rings. The fourth-order valence-electron chi connectivity index (χ4n) is 4.07. The third-order valence-corrected chi connectivity index (χ3v) is 5.74. The molecule has 2 unspecified atom stereocenters. The van der Waals surface area contributed by atoms with Gasteiger partial charge in [0.1, 0.15) is 0 Å². The maximum Gasteiger partial charge on any atom is 0.224 e. The Hall–Kier alpha value is -1.87. The molecule has 0 radical (unpaired) electrons. The van der Waals surface area contributed by atoms with E-state index in [4.69, 9.17) is 0 Å². The first-order valence-electron chi connectivity index (χ1n) is 8.68. The minimum Gasteiger partial charge on any atom is -0.349 e. The summed E-state index contributed by atoms with van der Waals surface area (Å²) in [5, 5.41) is 9.10. The van der Waals surface area contributed by atoms with Crippen molar-refractivity contribution in [3.8, 4) is 0 Å². The van der Waals surface area contributed by atoms with Crippen LogP contribution in [0.25, 0.3) is 10.8 Å². The van der Waals surface area contributed by atoms with Gasteiger partial charge in [0, 0.05) is 5.92 Å². The van der Waals surface area contributed by atoms with Crippen LogP contribution in [0, 0.1) is 11.3 Å². The van der Waals surface area contributed by atoms with Crippen molar-refractivity contribution < 1.29 is 4.79 Å². The topological polar surface area (TPSA) is 41.1 Å². The standard InChI is InChI=1S/C20H24N2O/c1-14(16-7-6-15-4-2-3-5-17(15)12-16)22-19(23)18-13-20(18)8-10-21-11-9-20/h2-7,12,14,18,21H,8-11,13H2,1H3,(H,22,23). The Balaban J connectivity index is 1.44. The highest BCUT2D eigenvalue weighted by Gasteiger charge is 2.57. The quantitative estimate of drug-likeness (QED) is 0.912. The summed E-state index contributed by atoms with van der Waals surface area (Å²) < 4.78 is 0. The molecule has 1 aliphatic heterocycles. The van der Waals surface area contributed by atoms with Crippen molar-refractivity contribution in [3.63, 3.8) is 0 Å². The Labute approximate surface area is 137 Å². The summed E-state index contributed by atoms with van der Waals surface area (Å²) in [6.45, 7) is 4.20. The van der Waals surface area contributed by atoms with E-state index in [0.29, 0.717) is 5.41 Å². The first-order valence-corrected chi connectivity index (χ1v) is 8.68. The van der Waals surface area contributed by atoms with Gasteiger partial charge in [0.25, 0.3) is 0 Å². The molecule has 1 amide bonds. The summed E-state index contributed by atoms with van der Waals surface area (Å²) >= 11 is 0. The largest absolute Gasteiger partial charge is 0.349 e. The van der Waals surface area contributed by atoms with Crippen molar-refractivity contribution in [2.45, 2.75) is 32.2 Å². The van der Waals surface area contributed by atoms with Gasteiger partial charge in [-0.1, -0.05) is 36.4 Å². The van der Waals surface area contributed by atoms with Crippen LogP contribution >= 0.6 is 0 Å². The second-order valence-electron chi connectivity index (χ2n) is 7.21. The Morgan fingerprint density at radius 1 is 1.17 bits per heavy atom. The van der Waals surface area contributed by atoms with Crippen LogP contribution < -0.4 is 10.6 Å². The molecule has 2 aromatic carbocycles. The molecule has 4 rings (SSSR count). The lowest BCUT2D eigenvalue weighted by Crippen LogP contribution is -2.34. The van der Waals surface area contributed by atoms with E-state index in [1.807, 2.05) is 0 Å². The van der Waals surface area contributed by atoms with E-state index in [9.17, 15) is 4.79 Å². The lowest BCUT2D eigenvalue weighted by atomic mass is 9.91. The van der Waals surface area contributed by atoms with Crippen LogP contribution in [0.3, 0.4) is 0 Å². The van der Waals surface area contributed by atoms with Gasteiger partial charge in [-0.15, -0.1) is 0 Å². The summed E-state index contributed by atoms with van der Waals surface area (Å²) in [6, 6.07) is 14.9. The molecular weight excluding hydrogens is 284 g/mol. The lowest BCUT2D eigenvalue weighted by molar-refractivity contribution is -0.123. The molecule has 1 spiro atoms. The lowest BCUT2D eigenvalue weighted by Gasteiger charge is -2.24. The van der Waals surface area contributed by atoms with Gasteiger partial charge in [0.15, 0.2) is 0 Å². The van der Waals surface area contributed by atoms with Gasteiger partial charge in [-0.2, -0.15) is 0 Å². The maximum atomic E-state index is 12.6. The molecule has 3 nitrogen and oxygen atoms in total. The van der Waals surface area contributed by atoms with Gasteiger partial charge in [-0.25, -0.2) is 0 Å². The van der Waals surface area contributed by atoms with Crippen LogP contribution in [0.1, 0.15) is 37.8 Å². The Morgan fingerprint density at radius 2 is 1.91 bits per heavy atom. The number of carbonyl (C=O) groups excluding carboxylic acids is 1. The van der Waals surface area contributed by atoms with E-state index in [1.54, 1.807) is 0 Å². The van der Waals surface area contributed by atoms with Gasteiger partial charge >= 0.3 is 0 Å². The Morgan fingerprint density at radius 3 is 2.70 bits per heavy atom. The zero-order valence-corrected chi connectivity index (χ0v) is 13.6. The molecule has 3 heteroatoms. The predicted octanol–water partition coefficient (Wildman–Crippen LogP) is 3.41. The highest BCUT2D eigenvalue weighted by molar-refractivity contribution is 5.85. The predicted molar refractivity (Wildman–Crippen MR) is 93.1 cm³/mol. The number of rotatable bonds is 3. The normalized spacial score (nSPS) is 23.6. The van der Waals surface area contributed by atoms with Crippen molar-refractivity contribution in [3.05, 3.63) is 48.0 Å². The number of piperidine rings is 1. The van der Waals surface area contributed by atoms with Gasteiger partial charge in [-0.3, -0.25) is 4.79 Å². The van der Waals surface area contributed by atoms with Crippen molar-refractivity contribution >= 4 is 16.7 Å². The van der Waals surface area contributed by atoms with E-state index in [0.717, 1.165) is 32.4 Å². The summed E-state index contributed by atoms with van der Waals surface area (Å²) in [4.78, 5) is 12.6. The van der Waals surface area contributed by atoms with E-state index < -0.39 is 0 Å². The van der Waals surface area contributed by atoms with Gasteiger partial charge in [0.2, 0.25) is 5.91 Å². The minimum atomic E-state index is 0.0615. The monoisotopic (exact) mass is 308 g/mol. The third kappa shape index (κ3) is 2.74. The van der Waals surface area contributed by atoms with Crippen molar-refractivity contribution in [2.24, 2.45) is 11.3 Å². The average molecular weight is 308 g/mol. The molecule has 2 atom stereocenters. The number of carbonyl (C=O) groups is 1. The van der Waals surface area contributed by atoms with Crippen LogP contribution in [-0.4, -0.2) is 19.0 Å². The first-order chi connectivity index (χ1) is 11.2. The van der Waals surface area contributed by atoms with Crippen LogP contribution in [0.4, 0.5) is 0 Å². The second-order valence-corrected chi connectivity index (χ2v) is 7.21. The summed E-state index contributed by atoms with van der Waals surface area (Å²) in [5.74, 6) is 0.472. The van der Waals surface area contributed by atoms with Gasteiger partial charge in [-0.05, 0) is 67.1 Å².